The summed E-state index contributed by atoms with van der Waals surface area (Å²) in [5.41, 5.74) is 9.64. The summed E-state index contributed by atoms with van der Waals surface area (Å²) in [7, 11) is 3.94. The summed E-state index contributed by atoms with van der Waals surface area (Å²) in [6.07, 6.45) is -0.456. The van der Waals surface area contributed by atoms with Gasteiger partial charge in [-0.25, -0.2) is 4.84 Å². The van der Waals surface area contributed by atoms with Gasteiger partial charge < -0.3 is 10.6 Å². The van der Waals surface area contributed by atoms with E-state index < -0.39 is 6.23 Å². The fourth-order valence-corrected chi connectivity index (χ4v) is 4.07. The summed E-state index contributed by atoms with van der Waals surface area (Å²) >= 11 is 5.99. The quantitative estimate of drug-likeness (QED) is 0.200. The zero-order valence-corrected chi connectivity index (χ0v) is 19.7. The molecule has 3 N–H and O–H groups in total. The fraction of sp³-hybridized carbons (Fsp3) is 0.148. The van der Waals surface area contributed by atoms with Crippen LogP contribution in [-0.4, -0.2) is 31.3 Å². The molecule has 1 atom stereocenters. The molecule has 0 fully saturated rings. The number of benzene rings is 4. The first-order chi connectivity index (χ1) is 16.3. The van der Waals surface area contributed by atoms with Gasteiger partial charge in [-0.2, -0.15) is 0 Å². The average Bonchev–Trinajstić information content (AvgIpc) is 2.83. The van der Waals surface area contributed by atoms with Crippen LogP contribution in [0, 0.1) is 0 Å². The smallest absolute Gasteiger partial charge is 0.193 e. The number of carbonyl (C=O) groups excluding carboxylic acids is 1. The van der Waals surface area contributed by atoms with Gasteiger partial charge in [-0.05, 0) is 29.8 Å². The van der Waals surface area contributed by atoms with E-state index in [0.717, 1.165) is 27.2 Å². The Labute approximate surface area is 203 Å². The second-order valence-corrected chi connectivity index (χ2v) is 8.64. The molecule has 0 aromatic heterocycles. The van der Waals surface area contributed by atoms with Crippen molar-refractivity contribution >= 4 is 39.5 Å². The molecule has 0 saturated carbocycles. The van der Waals surface area contributed by atoms with E-state index in [1.807, 2.05) is 61.5 Å². The number of carbonyl (C=O) groups is 1. The molecule has 0 saturated heterocycles. The number of ketones is 1. The summed E-state index contributed by atoms with van der Waals surface area (Å²) in [4.78, 5) is 20.3. The molecule has 34 heavy (non-hydrogen) atoms. The van der Waals surface area contributed by atoms with E-state index in [9.17, 15) is 10.0 Å². The van der Waals surface area contributed by atoms with Gasteiger partial charge in [-0.15, -0.1) is 5.23 Å². The molecule has 6 nitrogen and oxygen atoms in total. The summed E-state index contributed by atoms with van der Waals surface area (Å²) in [6.45, 7) is 0. The number of nitrogens with two attached hydrogens (primary N) is 1. The van der Waals surface area contributed by atoms with E-state index in [4.69, 9.17) is 22.2 Å². The maximum atomic E-state index is 12.7. The molecular weight excluding hydrogens is 450 g/mol. The Hall–Kier alpha value is -3.42. The minimum absolute atomic E-state index is 0.107. The fourth-order valence-electron chi connectivity index (χ4n) is 3.88. The van der Waals surface area contributed by atoms with Gasteiger partial charge in [0.15, 0.2) is 5.78 Å². The molecule has 0 aliphatic heterocycles. The predicted molar refractivity (Wildman–Crippen MR) is 137 cm³/mol. The molecule has 0 amide bonds. The van der Waals surface area contributed by atoms with Crippen LogP contribution in [-0.2, 0) is 11.3 Å². The minimum Gasteiger partial charge on any atom is -0.377 e. The highest BCUT2D eigenvalue weighted by atomic mass is 35.5. The van der Waals surface area contributed by atoms with Crippen molar-refractivity contribution in [2.24, 2.45) is 5.73 Å². The van der Waals surface area contributed by atoms with E-state index in [1.54, 1.807) is 42.5 Å². The van der Waals surface area contributed by atoms with Crippen LogP contribution in [0.25, 0.3) is 10.8 Å². The molecule has 7 heteroatoms. The van der Waals surface area contributed by atoms with Crippen LogP contribution in [0.5, 0.6) is 0 Å². The van der Waals surface area contributed by atoms with Gasteiger partial charge >= 0.3 is 0 Å². The second-order valence-electron chi connectivity index (χ2n) is 8.20. The maximum absolute atomic E-state index is 12.7. The van der Waals surface area contributed by atoms with Crippen molar-refractivity contribution in [3.63, 3.8) is 0 Å². The summed E-state index contributed by atoms with van der Waals surface area (Å²) in [6, 6.07) is 25.5. The molecule has 0 aliphatic carbocycles. The largest absolute Gasteiger partial charge is 0.377 e. The molecule has 4 aromatic rings. The topological polar surface area (TPSA) is 79.0 Å². The van der Waals surface area contributed by atoms with Gasteiger partial charge in [-0.1, -0.05) is 72.3 Å². The highest BCUT2D eigenvalue weighted by molar-refractivity contribution is 6.31. The number of hydrogen-bond acceptors (Lipinski definition) is 6. The number of halogens is 1. The van der Waals surface area contributed by atoms with Crippen LogP contribution in [0.4, 0.5) is 11.4 Å². The Morgan fingerprint density at radius 1 is 0.912 bits per heavy atom. The Morgan fingerprint density at radius 2 is 1.53 bits per heavy atom. The summed E-state index contributed by atoms with van der Waals surface area (Å²) < 4.78 is 0. The lowest BCUT2D eigenvalue weighted by atomic mass is 10.0. The lowest BCUT2D eigenvalue weighted by Gasteiger charge is -2.23. The van der Waals surface area contributed by atoms with E-state index >= 15 is 0 Å². The van der Waals surface area contributed by atoms with E-state index in [2.05, 4.69) is 0 Å². The van der Waals surface area contributed by atoms with E-state index in [0.29, 0.717) is 28.3 Å². The average molecular weight is 476 g/mol. The molecule has 4 aromatic carbocycles. The first kappa shape index (κ1) is 23.7. The first-order valence-corrected chi connectivity index (χ1v) is 11.2. The third-order valence-electron chi connectivity index (χ3n) is 5.54. The van der Waals surface area contributed by atoms with E-state index in [-0.39, 0.29) is 5.78 Å². The van der Waals surface area contributed by atoms with Gasteiger partial charge in [0.25, 0.3) is 0 Å². The number of hydrogen-bond donors (Lipinski definition) is 2. The minimum atomic E-state index is -0.799. The molecular formula is C27H26ClN3O3. The van der Waals surface area contributed by atoms with Gasteiger partial charge in [0.1, 0.15) is 11.9 Å². The van der Waals surface area contributed by atoms with Crippen LogP contribution in [0.2, 0.25) is 5.02 Å². The lowest BCUT2D eigenvalue weighted by Crippen LogP contribution is -2.34. The van der Waals surface area contributed by atoms with Crippen molar-refractivity contribution in [3.05, 3.63) is 107 Å². The molecule has 0 spiro atoms. The summed E-state index contributed by atoms with van der Waals surface area (Å²) in [5, 5.41) is 13.7. The van der Waals surface area contributed by atoms with Gasteiger partial charge in [0, 0.05) is 53.1 Å². The number of rotatable bonds is 8. The van der Waals surface area contributed by atoms with Crippen LogP contribution >= 0.6 is 11.6 Å². The van der Waals surface area contributed by atoms with Gasteiger partial charge in [-0.3, -0.25) is 10.0 Å². The van der Waals surface area contributed by atoms with Crippen molar-refractivity contribution in [1.29, 1.82) is 0 Å². The molecule has 1 unspecified atom stereocenters. The van der Waals surface area contributed by atoms with Crippen LogP contribution < -0.4 is 15.9 Å². The van der Waals surface area contributed by atoms with Crippen molar-refractivity contribution in [2.45, 2.75) is 12.6 Å². The molecule has 0 heterocycles. The lowest BCUT2D eigenvalue weighted by molar-refractivity contribution is -0.0809. The van der Waals surface area contributed by atoms with Crippen molar-refractivity contribution in [1.82, 2.24) is 0 Å². The number of nitrogens with zero attached hydrogens (tertiary/aromatic N) is 2. The third kappa shape index (κ3) is 5.21. The van der Waals surface area contributed by atoms with Gasteiger partial charge in [0.05, 0.1) is 0 Å². The Balaban J connectivity index is 1.44. The molecule has 0 bridgehead atoms. The van der Waals surface area contributed by atoms with E-state index in [1.165, 1.54) is 0 Å². The van der Waals surface area contributed by atoms with Crippen molar-refractivity contribution < 1.29 is 14.8 Å². The highest BCUT2D eigenvalue weighted by Crippen LogP contribution is 2.32. The molecule has 0 radical (unpaired) electrons. The number of anilines is 2. The van der Waals surface area contributed by atoms with Crippen LogP contribution in [0.1, 0.15) is 21.5 Å². The van der Waals surface area contributed by atoms with Crippen LogP contribution in [0.15, 0.2) is 84.9 Å². The molecule has 0 aliphatic rings. The monoisotopic (exact) mass is 475 g/mol. The van der Waals surface area contributed by atoms with Crippen molar-refractivity contribution in [3.8, 4) is 0 Å². The Morgan fingerprint density at radius 3 is 2.18 bits per heavy atom. The summed E-state index contributed by atoms with van der Waals surface area (Å²) in [5.74, 6) is -0.107. The molecule has 174 valence electrons. The van der Waals surface area contributed by atoms with Crippen LogP contribution in [0.3, 0.4) is 0 Å². The maximum Gasteiger partial charge on any atom is 0.193 e. The zero-order chi connectivity index (χ0) is 24.2. The van der Waals surface area contributed by atoms with Gasteiger partial charge in [0.2, 0.25) is 0 Å². The second kappa shape index (κ2) is 10.2. The number of fused-ring (bicyclic) bond motifs is 1. The first-order valence-electron chi connectivity index (χ1n) is 10.8. The standard InChI is InChI=1S/C27H26ClN3O3/c1-30(2)24-10-4-9-23-22(24)8-5-11-25(23)31(33)34-26(29)16-18-12-14-19(15-13-18)27(32)20-6-3-7-21(28)17-20/h3-15,17,26,33H,16,29H2,1-2H3. The highest BCUT2D eigenvalue weighted by Gasteiger charge is 2.16. The van der Waals surface area contributed by atoms with Crippen molar-refractivity contribution in [2.75, 3.05) is 24.2 Å². The normalized spacial score (nSPS) is 11.9. The zero-order valence-electron chi connectivity index (χ0n) is 19.0. The SMILES string of the molecule is CN(C)c1cccc2c(N(O)OC(N)Cc3ccc(C(=O)c4cccc(Cl)c4)cc3)cccc12. The predicted octanol–water partition coefficient (Wildman–Crippen LogP) is 5.44. The molecule has 4 rings (SSSR count). The Kier molecular flexibility index (Phi) is 7.14. The Bertz CT molecular complexity index is 1310. The third-order valence-corrected chi connectivity index (χ3v) is 5.77.